The molecule has 3 N–H and O–H groups in total. The van der Waals surface area contributed by atoms with Crippen molar-refractivity contribution < 1.29 is 20.1 Å². The van der Waals surface area contributed by atoms with Gasteiger partial charge in [-0.25, -0.2) is 0 Å². The van der Waals surface area contributed by atoms with Gasteiger partial charge in [0, 0.05) is 18.8 Å². The number of hydrogen-bond acceptors (Lipinski definition) is 4. The molecule has 36 heavy (non-hydrogen) atoms. The van der Waals surface area contributed by atoms with Crippen molar-refractivity contribution in [3.63, 3.8) is 0 Å². The van der Waals surface area contributed by atoms with Crippen LogP contribution >= 0.6 is 0 Å². The molecule has 4 aliphatic carbocycles. The van der Waals surface area contributed by atoms with Gasteiger partial charge in [0.1, 0.15) is 5.78 Å². The highest BCUT2D eigenvalue weighted by molar-refractivity contribution is 5.82. The van der Waals surface area contributed by atoms with Gasteiger partial charge in [-0.15, -0.1) is 0 Å². The van der Waals surface area contributed by atoms with E-state index in [-0.39, 0.29) is 22.9 Å². The summed E-state index contributed by atoms with van der Waals surface area (Å²) in [7, 11) is 0. The van der Waals surface area contributed by atoms with Crippen LogP contribution in [0.1, 0.15) is 111 Å². The molecule has 0 aromatic rings. The second-order valence-electron chi connectivity index (χ2n) is 13.1. The molecule has 0 saturated heterocycles. The van der Waals surface area contributed by atoms with E-state index in [4.69, 9.17) is 0 Å². The molecule has 0 spiro atoms. The van der Waals surface area contributed by atoms with E-state index in [9.17, 15) is 20.1 Å². The number of allylic oxidation sites excluding steroid dienone is 3. The van der Waals surface area contributed by atoms with E-state index in [0.717, 1.165) is 62.5 Å². The molecule has 7 unspecified atom stereocenters. The number of carbonyl (C=O) groups is 1. The Hall–Kier alpha value is -1.23. The number of aliphatic hydroxyl groups excluding tert-OH is 3. The Balaban J connectivity index is 1.38. The lowest BCUT2D eigenvalue weighted by Gasteiger charge is -2.43. The topological polar surface area (TPSA) is 77.8 Å². The fourth-order valence-corrected chi connectivity index (χ4v) is 7.87. The molecule has 4 fully saturated rings. The van der Waals surface area contributed by atoms with Crippen LogP contribution in [-0.2, 0) is 4.79 Å². The summed E-state index contributed by atoms with van der Waals surface area (Å²) in [4.78, 5) is 12.8. The van der Waals surface area contributed by atoms with Crippen molar-refractivity contribution in [2.75, 3.05) is 0 Å². The summed E-state index contributed by atoms with van der Waals surface area (Å²) in [6.45, 7) is 10.8. The third kappa shape index (κ3) is 5.92. The second-order valence-corrected chi connectivity index (χ2v) is 13.1. The molecule has 0 heterocycles. The Morgan fingerprint density at radius 1 is 1.14 bits per heavy atom. The van der Waals surface area contributed by atoms with Crippen molar-refractivity contribution in [1.82, 2.24) is 0 Å². The van der Waals surface area contributed by atoms with Crippen LogP contribution < -0.4 is 0 Å². The maximum Gasteiger partial charge on any atom is 0.136 e. The zero-order valence-corrected chi connectivity index (χ0v) is 23.0. The summed E-state index contributed by atoms with van der Waals surface area (Å²) in [6, 6.07) is 0. The molecule has 0 amide bonds. The fraction of sp³-hybridized carbons (Fsp3) is 0.781. The Labute approximate surface area is 219 Å². The molecule has 4 rings (SSSR count). The highest BCUT2D eigenvalue weighted by Gasteiger charge is 2.50. The van der Waals surface area contributed by atoms with Gasteiger partial charge < -0.3 is 15.3 Å². The van der Waals surface area contributed by atoms with Gasteiger partial charge in [-0.1, -0.05) is 45.1 Å². The molecule has 0 aromatic carbocycles. The smallest absolute Gasteiger partial charge is 0.136 e. The van der Waals surface area contributed by atoms with E-state index >= 15 is 0 Å². The van der Waals surface area contributed by atoms with E-state index in [1.165, 1.54) is 24.8 Å². The zero-order chi connectivity index (χ0) is 26.1. The first-order chi connectivity index (χ1) is 17.1. The first kappa shape index (κ1) is 27.8. The largest absolute Gasteiger partial charge is 0.393 e. The minimum absolute atomic E-state index is 0.128. The molecule has 0 bridgehead atoms. The van der Waals surface area contributed by atoms with Gasteiger partial charge in [0.15, 0.2) is 0 Å². The highest BCUT2D eigenvalue weighted by Crippen LogP contribution is 2.59. The van der Waals surface area contributed by atoms with Crippen molar-refractivity contribution in [3.05, 3.63) is 35.5 Å². The fourth-order valence-electron chi connectivity index (χ4n) is 7.87. The Kier molecular flexibility index (Phi) is 8.69. The van der Waals surface area contributed by atoms with E-state index < -0.39 is 12.2 Å². The Morgan fingerprint density at radius 2 is 1.89 bits per heavy atom. The normalized spacial score (nSPS) is 37.7. The van der Waals surface area contributed by atoms with Gasteiger partial charge in [0.2, 0.25) is 0 Å². The van der Waals surface area contributed by atoms with Crippen LogP contribution in [0.3, 0.4) is 0 Å². The van der Waals surface area contributed by atoms with Gasteiger partial charge in [-0.2, -0.15) is 0 Å². The van der Waals surface area contributed by atoms with Crippen LogP contribution in [-0.4, -0.2) is 39.4 Å². The van der Waals surface area contributed by atoms with Crippen molar-refractivity contribution in [1.29, 1.82) is 0 Å². The quantitative estimate of drug-likeness (QED) is 0.324. The molecule has 4 aliphatic rings. The van der Waals surface area contributed by atoms with Crippen molar-refractivity contribution in [2.45, 2.75) is 129 Å². The number of ketones is 1. The van der Waals surface area contributed by atoms with E-state index in [1.54, 1.807) is 0 Å². The predicted molar refractivity (Wildman–Crippen MR) is 145 cm³/mol. The van der Waals surface area contributed by atoms with Gasteiger partial charge in [0.25, 0.3) is 0 Å². The van der Waals surface area contributed by atoms with Gasteiger partial charge in [0.05, 0.1) is 18.3 Å². The van der Waals surface area contributed by atoms with E-state index in [2.05, 4.69) is 39.5 Å². The van der Waals surface area contributed by atoms with Gasteiger partial charge in [-0.3, -0.25) is 4.79 Å². The van der Waals surface area contributed by atoms with Crippen LogP contribution in [0, 0.1) is 28.6 Å². The molecular weight excluding hydrogens is 448 g/mol. The third-order valence-electron chi connectivity index (χ3n) is 10.5. The lowest BCUT2D eigenvalue weighted by molar-refractivity contribution is -0.125. The minimum atomic E-state index is -0.647. The maximum absolute atomic E-state index is 12.8. The average molecular weight is 499 g/mol. The molecule has 7 atom stereocenters. The number of aliphatic hydroxyl groups is 3. The molecule has 4 saturated carbocycles. The summed E-state index contributed by atoms with van der Waals surface area (Å²) in [5, 5.41) is 31.4. The van der Waals surface area contributed by atoms with Crippen LogP contribution in [0.15, 0.2) is 35.5 Å². The molecule has 4 nitrogen and oxygen atoms in total. The summed E-state index contributed by atoms with van der Waals surface area (Å²) >= 11 is 0. The lowest BCUT2D eigenvalue weighted by Crippen LogP contribution is -2.35. The Morgan fingerprint density at radius 3 is 2.58 bits per heavy atom. The number of carbonyl (C=O) groups excluding carboxylic acids is 1. The second kappa shape index (κ2) is 11.3. The minimum Gasteiger partial charge on any atom is -0.393 e. The van der Waals surface area contributed by atoms with Gasteiger partial charge in [-0.05, 0) is 111 Å². The highest BCUT2D eigenvalue weighted by atomic mass is 16.3. The van der Waals surface area contributed by atoms with Crippen molar-refractivity contribution in [2.24, 2.45) is 28.6 Å². The van der Waals surface area contributed by atoms with E-state index in [0.29, 0.717) is 36.9 Å². The number of rotatable bonds is 10. The number of hydrogen-bond donors (Lipinski definition) is 3. The molecular formula is C32H50O4. The summed E-state index contributed by atoms with van der Waals surface area (Å²) < 4.78 is 0. The first-order valence-electron chi connectivity index (χ1n) is 14.7. The Bertz CT molecular complexity index is 881. The summed E-state index contributed by atoms with van der Waals surface area (Å²) in [6.07, 6.45) is 16.0. The SMILES string of the molecule is C=C1/C(=C/C=C2/CCCC3(C)C(CC(O)CCC(C(=O)CCC)C4(C)CC4)CCC23)CC(O)CC1O. The number of fused-ring (bicyclic) bond motifs is 1. The average Bonchev–Trinajstić information content (AvgIpc) is 3.47. The monoisotopic (exact) mass is 498 g/mol. The maximum atomic E-state index is 12.8. The lowest BCUT2D eigenvalue weighted by atomic mass is 9.62. The molecule has 202 valence electrons. The van der Waals surface area contributed by atoms with Gasteiger partial charge >= 0.3 is 0 Å². The van der Waals surface area contributed by atoms with Crippen molar-refractivity contribution in [3.8, 4) is 0 Å². The predicted octanol–water partition coefficient (Wildman–Crippen LogP) is 6.44. The molecule has 0 aromatic heterocycles. The third-order valence-corrected chi connectivity index (χ3v) is 10.5. The standard InChI is InChI=1S/C32H50O4/c1-5-7-29(35)28(31(3)16-17-31)14-12-25(33)19-24-11-13-27-22(8-6-15-32(24,27)4)9-10-23-18-26(34)20-30(36)21(23)2/h9-10,24-28,30,33-34,36H,2,5-8,11-20H2,1,3-4H3/b22-9-,23-10+. The van der Waals surface area contributed by atoms with Crippen LogP contribution in [0.4, 0.5) is 0 Å². The molecule has 0 radical (unpaired) electrons. The zero-order valence-electron chi connectivity index (χ0n) is 23.0. The molecule has 0 aliphatic heterocycles. The molecule has 4 heteroatoms. The van der Waals surface area contributed by atoms with Crippen LogP contribution in [0.2, 0.25) is 0 Å². The summed E-state index contributed by atoms with van der Waals surface area (Å²) in [5.74, 6) is 1.59. The van der Waals surface area contributed by atoms with Crippen LogP contribution in [0.5, 0.6) is 0 Å². The van der Waals surface area contributed by atoms with Crippen LogP contribution in [0.25, 0.3) is 0 Å². The number of Topliss-reactive ketones (excluding diaryl/α,β-unsaturated/α-hetero) is 1. The summed E-state index contributed by atoms with van der Waals surface area (Å²) in [5.41, 5.74) is 3.61. The van der Waals surface area contributed by atoms with Crippen molar-refractivity contribution >= 4 is 5.78 Å². The van der Waals surface area contributed by atoms with E-state index in [1.807, 2.05) is 0 Å². The first-order valence-corrected chi connectivity index (χ1v) is 14.7.